The van der Waals surface area contributed by atoms with Gasteiger partial charge in [0.25, 0.3) is 0 Å². The maximum absolute atomic E-state index is 12.8. The van der Waals surface area contributed by atoms with Crippen LogP contribution in [0, 0.1) is 6.92 Å². The van der Waals surface area contributed by atoms with Crippen LogP contribution in [0.1, 0.15) is 22.8 Å². The summed E-state index contributed by atoms with van der Waals surface area (Å²) in [6.07, 6.45) is 0. The molecule has 0 aliphatic carbocycles. The van der Waals surface area contributed by atoms with Crippen molar-refractivity contribution in [2.75, 3.05) is 24.8 Å². The number of aromatic nitrogens is 3. The minimum absolute atomic E-state index is 0.0947. The monoisotopic (exact) mass is 522 g/mol. The van der Waals surface area contributed by atoms with Crippen LogP contribution >= 0.6 is 23.1 Å². The van der Waals surface area contributed by atoms with Crippen LogP contribution in [-0.4, -0.2) is 46.1 Å². The largest absolute Gasteiger partial charge is 0.493 e. The van der Waals surface area contributed by atoms with Crippen LogP contribution in [0.15, 0.2) is 59.1 Å². The minimum atomic E-state index is -0.499. The van der Waals surface area contributed by atoms with Crippen molar-refractivity contribution >= 4 is 40.0 Å². The summed E-state index contributed by atoms with van der Waals surface area (Å²) >= 11 is 2.55. The van der Waals surface area contributed by atoms with E-state index < -0.39 is 5.97 Å². The van der Waals surface area contributed by atoms with E-state index in [4.69, 9.17) is 9.47 Å². The molecule has 1 amide bonds. The maximum atomic E-state index is 12.8. The number of carbonyl (C=O) groups is 2. The van der Waals surface area contributed by atoms with Gasteiger partial charge >= 0.3 is 5.97 Å². The third-order valence-electron chi connectivity index (χ3n) is 5.39. The van der Waals surface area contributed by atoms with Crippen molar-refractivity contribution in [3.8, 4) is 28.3 Å². The standard InChI is InChI=1S/C26H26N4O4S2/c1-5-34-20-9-7-6-8-18(20)23-28-29-26(30(23)3)36-15-21(31)27-24-22(25(32)33-4)19(14-35-24)17-12-10-16(2)11-13-17/h6-14H,5,15H2,1-4H3,(H,27,31). The molecule has 4 aromatic rings. The summed E-state index contributed by atoms with van der Waals surface area (Å²) < 4.78 is 12.5. The fraction of sp³-hybridized carbons (Fsp3) is 0.231. The predicted molar refractivity (Wildman–Crippen MR) is 143 cm³/mol. The first kappa shape index (κ1) is 25.5. The Hall–Kier alpha value is -3.63. The molecule has 2 aromatic carbocycles. The van der Waals surface area contributed by atoms with E-state index in [0.29, 0.717) is 28.2 Å². The maximum Gasteiger partial charge on any atom is 0.341 e. The van der Waals surface area contributed by atoms with Crippen molar-refractivity contribution in [1.29, 1.82) is 0 Å². The molecule has 0 unspecified atom stereocenters. The van der Waals surface area contributed by atoms with Gasteiger partial charge in [-0.15, -0.1) is 21.5 Å². The Morgan fingerprint density at radius 1 is 1.08 bits per heavy atom. The number of hydrogen-bond acceptors (Lipinski definition) is 8. The fourth-order valence-corrected chi connectivity index (χ4v) is 5.29. The van der Waals surface area contributed by atoms with Gasteiger partial charge in [-0.25, -0.2) is 4.79 Å². The van der Waals surface area contributed by atoms with E-state index in [1.165, 1.54) is 30.2 Å². The number of nitrogens with one attached hydrogen (secondary N) is 1. The van der Waals surface area contributed by atoms with Gasteiger partial charge < -0.3 is 19.4 Å². The molecule has 36 heavy (non-hydrogen) atoms. The summed E-state index contributed by atoms with van der Waals surface area (Å²) in [6, 6.07) is 15.5. The second kappa shape index (κ2) is 11.4. The summed E-state index contributed by atoms with van der Waals surface area (Å²) in [5.74, 6) is 0.706. The van der Waals surface area contributed by atoms with Crippen molar-refractivity contribution in [3.63, 3.8) is 0 Å². The fourth-order valence-electron chi connectivity index (χ4n) is 3.60. The second-order valence-corrected chi connectivity index (χ2v) is 9.66. The van der Waals surface area contributed by atoms with Gasteiger partial charge in [0.1, 0.15) is 16.3 Å². The lowest BCUT2D eigenvalue weighted by Gasteiger charge is -2.10. The summed E-state index contributed by atoms with van der Waals surface area (Å²) in [5, 5.41) is 14.3. The van der Waals surface area contributed by atoms with Crippen LogP contribution in [0.5, 0.6) is 5.75 Å². The summed E-state index contributed by atoms with van der Waals surface area (Å²) in [4.78, 5) is 25.4. The lowest BCUT2D eigenvalue weighted by Crippen LogP contribution is -2.16. The second-order valence-electron chi connectivity index (χ2n) is 7.84. The Morgan fingerprint density at radius 3 is 2.56 bits per heavy atom. The van der Waals surface area contributed by atoms with E-state index in [1.807, 2.05) is 79.4 Å². The zero-order chi connectivity index (χ0) is 25.7. The molecule has 10 heteroatoms. The van der Waals surface area contributed by atoms with Gasteiger partial charge in [0.2, 0.25) is 5.91 Å². The molecular weight excluding hydrogens is 496 g/mol. The molecule has 0 aliphatic rings. The van der Waals surface area contributed by atoms with Crippen molar-refractivity contribution in [3.05, 3.63) is 65.0 Å². The smallest absolute Gasteiger partial charge is 0.341 e. The van der Waals surface area contributed by atoms with Crippen LogP contribution in [0.25, 0.3) is 22.5 Å². The molecule has 0 bridgehead atoms. The number of thioether (sulfide) groups is 1. The molecule has 1 N–H and O–H groups in total. The number of methoxy groups -OCH3 is 1. The average Bonchev–Trinajstić information content (AvgIpc) is 3.46. The Kier molecular flexibility index (Phi) is 8.07. The van der Waals surface area contributed by atoms with Gasteiger partial charge in [0, 0.05) is 18.0 Å². The van der Waals surface area contributed by atoms with Gasteiger partial charge in [0.15, 0.2) is 11.0 Å². The third-order valence-corrected chi connectivity index (χ3v) is 7.31. The normalized spacial score (nSPS) is 10.8. The van der Waals surface area contributed by atoms with Crippen molar-refractivity contribution in [2.24, 2.45) is 7.05 Å². The quantitative estimate of drug-likeness (QED) is 0.231. The number of ether oxygens (including phenoxy) is 2. The van der Waals surface area contributed by atoms with E-state index in [1.54, 1.807) is 0 Å². The summed E-state index contributed by atoms with van der Waals surface area (Å²) in [6.45, 7) is 4.47. The van der Waals surface area contributed by atoms with Gasteiger partial charge in [0.05, 0.1) is 25.0 Å². The molecule has 0 aliphatic heterocycles. The van der Waals surface area contributed by atoms with Gasteiger partial charge in [-0.2, -0.15) is 0 Å². The van der Waals surface area contributed by atoms with Gasteiger partial charge in [-0.1, -0.05) is 53.7 Å². The van der Waals surface area contributed by atoms with Gasteiger partial charge in [-0.05, 0) is 31.5 Å². The van der Waals surface area contributed by atoms with E-state index in [-0.39, 0.29) is 11.7 Å². The first-order valence-corrected chi connectivity index (χ1v) is 13.1. The number of benzene rings is 2. The Balaban J connectivity index is 1.49. The van der Waals surface area contributed by atoms with Crippen LogP contribution in [-0.2, 0) is 16.6 Å². The predicted octanol–water partition coefficient (Wildman–Crippen LogP) is 5.44. The lowest BCUT2D eigenvalue weighted by molar-refractivity contribution is -0.113. The van der Waals surface area contributed by atoms with Crippen molar-refractivity contribution in [2.45, 2.75) is 19.0 Å². The molecule has 0 saturated heterocycles. The van der Waals surface area contributed by atoms with Crippen LogP contribution in [0.3, 0.4) is 0 Å². The molecule has 2 aromatic heterocycles. The lowest BCUT2D eigenvalue weighted by atomic mass is 10.0. The Bertz CT molecular complexity index is 1380. The molecule has 0 spiro atoms. The highest BCUT2D eigenvalue weighted by Crippen LogP contribution is 2.36. The molecule has 0 radical (unpaired) electrons. The molecular formula is C26H26N4O4S2. The number of amides is 1. The van der Waals surface area contributed by atoms with Crippen LogP contribution in [0.4, 0.5) is 5.00 Å². The molecule has 4 rings (SSSR count). The Morgan fingerprint density at radius 2 is 1.83 bits per heavy atom. The number of aryl methyl sites for hydroxylation is 1. The van der Waals surface area contributed by atoms with E-state index in [2.05, 4.69) is 15.5 Å². The van der Waals surface area contributed by atoms with Crippen LogP contribution < -0.4 is 10.1 Å². The van der Waals surface area contributed by atoms with Crippen molar-refractivity contribution in [1.82, 2.24) is 14.8 Å². The zero-order valence-electron chi connectivity index (χ0n) is 20.4. The number of anilines is 1. The Labute approximate surface area is 217 Å². The highest BCUT2D eigenvalue weighted by Gasteiger charge is 2.23. The minimum Gasteiger partial charge on any atom is -0.493 e. The van der Waals surface area contributed by atoms with Crippen LogP contribution in [0.2, 0.25) is 0 Å². The molecule has 0 atom stereocenters. The summed E-state index contributed by atoms with van der Waals surface area (Å²) in [5.41, 5.74) is 3.90. The zero-order valence-corrected chi connectivity index (χ0v) is 22.0. The van der Waals surface area contributed by atoms with Gasteiger partial charge in [-0.3, -0.25) is 4.79 Å². The third kappa shape index (κ3) is 5.44. The average molecular weight is 523 g/mol. The first-order chi connectivity index (χ1) is 17.4. The van der Waals surface area contributed by atoms with E-state index in [9.17, 15) is 9.59 Å². The number of carbonyl (C=O) groups excluding carboxylic acids is 2. The highest BCUT2D eigenvalue weighted by atomic mass is 32.2. The number of thiophene rings is 1. The van der Waals surface area contributed by atoms with Crippen molar-refractivity contribution < 1.29 is 19.1 Å². The SMILES string of the molecule is CCOc1ccccc1-c1nnc(SCC(=O)Nc2scc(-c3ccc(C)cc3)c2C(=O)OC)n1C. The number of rotatable bonds is 9. The molecule has 186 valence electrons. The molecule has 2 heterocycles. The number of nitrogens with zero attached hydrogens (tertiary/aromatic N) is 3. The first-order valence-electron chi connectivity index (χ1n) is 11.2. The highest BCUT2D eigenvalue weighted by molar-refractivity contribution is 7.99. The number of esters is 1. The van der Waals surface area contributed by atoms with E-state index in [0.717, 1.165) is 28.0 Å². The molecule has 0 saturated carbocycles. The van der Waals surface area contributed by atoms with E-state index >= 15 is 0 Å². The summed E-state index contributed by atoms with van der Waals surface area (Å²) in [7, 11) is 3.18. The topological polar surface area (TPSA) is 95.3 Å². The molecule has 0 fully saturated rings. The number of para-hydroxylation sites is 1. The number of hydrogen-bond donors (Lipinski definition) is 1. The molecule has 8 nitrogen and oxygen atoms in total.